The van der Waals surface area contributed by atoms with E-state index in [9.17, 15) is 4.79 Å². The molecule has 6 heteroatoms. The van der Waals surface area contributed by atoms with Gasteiger partial charge in [0, 0.05) is 43.7 Å². The van der Waals surface area contributed by atoms with E-state index in [0.29, 0.717) is 18.8 Å². The molecule has 0 radical (unpaired) electrons. The van der Waals surface area contributed by atoms with E-state index in [0.717, 1.165) is 29.9 Å². The zero-order chi connectivity index (χ0) is 15.1. The normalized spacial score (nSPS) is 10.4. The maximum absolute atomic E-state index is 11.9. The number of aryl methyl sites for hydroxylation is 2. The average molecular weight is 288 g/mol. The Bertz CT molecular complexity index is 595. The highest BCUT2D eigenvalue weighted by molar-refractivity contribution is 5.92. The third kappa shape index (κ3) is 4.30. The fourth-order valence-electron chi connectivity index (χ4n) is 1.92. The monoisotopic (exact) mass is 288 g/mol. The van der Waals surface area contributed by atoms with Gasteiger partial charge in [0.15, 0.2) is 5.69 Å². The summed E-state index contributed by atoms with van der Waals surface area (Å²) in [6, 6.07) is 3.60. The molecule has 2 rings (SSSR count). The largest absolute Gasteiger partial charge is 0.383 e. The number of pyridine rings is 1. The Kier molecular flexibility index (Phi) is 5.31. The van der Waals surface area contributed by atoms with E-state index < -0.39 is 0 Å². The number of carbonyl (C=O) groups excluding carboxylic acids is 1. The molecule has 0 bridgehead atoms. The van der Waals surface area contributed by atoms with Crippen molar-refractivity contribution >= 4 is 11.6 Å². The Hall–Kier alpha value is -2.37. The summed E-state index contributed by atoms with van der Waals surface area (Å²) in [5.74, 6) is 0.530. The van der Waals surface area contributed by atoms with Gasteiger partial charge in [-0.25, -0.2) is 0 Å². The third-order valence-corrected chi connectivity index (χ3v) is 3.03. The Morgan fingerprint density at radius 3 is 3.00 bits per heavy atom. The fraction of sp³-hybridized carbons (Fsp3) is 0.400. The van der Waals surface area contributed by atoms with E-state index in [1.165, 1.54) is 0 Å². The molecule has 2 aromatic heterocycles. The van der Waals surface area contributed by atoms with Gasteiger partial charge in [-0.1, -0.05) is 12.1 Å². The van der Waals surface area contributed by atoms with E-state index >= 15 is 0 Å². The van der Waals surface area contributed by atoms with Crippen molar-refractivity contribution in [3.05, 3.63) is 41.5 Å². The molecule has 0 atom stereocenters. The molecule has 0 saturated carbocycles. The van der Waals surface area contributed by atoms with Gasteiger partial charge in [0.2, 0.25) is 0 Å². The number of rotatable bonds is 7. The van der Waals surface area contributed by atoms with Crippen LogP contribution in [0.1, 0.15) is 35.2 Å². The summed E-state index contributed by atoms with van der Waals surface area (Å²) in [5.41, 5.74) is 2.42. The van der Waals surface area contributed by atoms with Crippen molar-refractivity contribution in [3.63, 3.8) is 0 Å². The first kappa shape index (κ1) is 15.0. The molecule has 0 fully saturated rings. The second-order valence-electron chi connectivity index (χ2n) is 4.80. The first-order valence-electron chi connectivity index (χ1n) is 7.09. The highest BCUT2D eigenvalue weighted by Gasteiger charge is 2.11. The van der Waals surface area contributed by atoms with Crippen LogP contribution in [0.15, 0.2) is 29.0 Å². The van der Waals surface area contributed by atoms with Crippen LogP contribution in [0.3, 0.4) is 0 Å². The molecule has 0 aliphatic rings. The number of nitrogens with one attached hydrogen (secondary N) is 2. The van der Waals surface area contributed by atoms with Gasteiger partial charge in [-0.3, -0.25) is 9.78 Å². The summed E-state index contributed by atoms with van der Waals surface area (Å²) in [7, 11) is 0. The van der Waals surface area contributed by atoms with Gasteiger partial charge < -0.3 is 15.2 Å². The molecule has 0 saturated heterocycles. The second-order valence-corrected chi connectivity index (χ2v) is 4.80. The highest BCUT2D eigenvalue weighted by Crippen LogP contribution is 2.10. The van der Waals surface area contributed by atoms with Crippen LogP contribution in [0.2, 0.25) is 0 Å². The second kappa shape index (κ2) is 7.42. The fourth-order valence-corrected chi connectivity index (χ4v) is 1.92. The van der Waals surface area contributed by atoms with Gasteiger partial charge in [0.05, 0.1) is 0 Å². The smallest absolute Gasteiger partial charge is 0.273 e. The zero-order valence-electron chi connectivity index (χ0n) is 12.3. The van der Waals surface area contributed by atoms with Crippen molar-refractivity contribution in [3.8, 4) is 0 Å². The highest BCUT2D eigenvalue weighted by atomic mass is 16.5. The van der Waals surface area contributed by atoms with Crippen LogP contribution < -0.4 is 10.6 Å². The molecule has 0 aliphatic heterocycles. The van der Waals surface area contributed by atoms with Crippen LogP contribution in [0.5, 0.6) is 0 Å². The van der Waals surface area contributed by atoms with E-state index in [4.69, 9.17) is 4.52 Å². The van der Waals surface area contributed by atoms with Crippen molar-refractivity contribution in [2.24, 2.45) is 0 Å². The minimum absolute atomic E-state index is 0.214. The van der Waals surface area contributed by atoms with Gasteiger partial charge in [0.25, 0.3) is 5.91 Å². The van der Waals surface area contributed by atoms with Gasteiger partial charge in [-0.2, -0.15) is 0 Å². The molecular formula is C15H20N4O2. The van der Waals surface area contributed by atoms with E-state index in [1.54, 1.807) is 18.5 Å². The SMILES string of the molecule is CCCc1cc(C(=O)NCCNc2ccncc2C)no1. The quantitative estimate of drug-likeness (QED) is 0.763. The van der Waals surface area contributed by atoms with E-state index in [2.05, 4.69) is 27.7 Å². The van der Waals surface area contributed by atoms with Crippen LogP contribution in [0.25, 0.3) is 0 Å². The van der Waals surface area contributed by atoms with Crippen molar-refractivity contribution in [2.75, 3.05) is 18.4 Å². The number of hydrogen-bond donors (Lipinski definition) is 2. The molecule has 2 heterocycles. The molecule has 0 unspecified atom stereocenters. The van der Waals surface area contributed by atoms with Gasteiger partial charge in [-0.15, -0.1) is 0 Å². The predicted molar refractivity (Wildman–Crippen MR) is 80.3 cm³/mol. The van der Waals surface area contributed by atoms with Crippen molar-refractivity contribution < 1.29 is 9.32 Å². The summed E-state index contributed by atoms with van der Waals surface area (Å²) in [4.78, 5) is 15.9. The summed E-state index contributed by atoms with van der Waals surface area (Å²) < 4.78 is 5.08. The Balaban J connectivity index is 1.75. The van der Waals surface area contributed by atoms with Crippen molar-refractivity contribution in [1.82, 2.24) is 15.5 Å². The summed E-state index contributed by atoms with van der Waals surface area (Å²) in [6.45, 7) is 5.18. The zero-order valence-corrected chi connectivity index (χ0v) is 12.3. The maximum atomic E-state index is 11.9. The minimum atomic E-state index is -0.214. The van der Waals surface area contributed by atoms with Gasteiger partial charge >= 0.3 is 0 Å². The number of carbonyl (C=O) groups is 1. The van der Waals surface area contributed by atoms with E-state index in [1.807, 2.05) is 13.0 Å². The first-order chi connectivity index (χ1) is 10.2. The molecule has 6 nitrogen and oxygen atoms in total. The van der Waals surface area contributed by atoms with Crippen LogP contribution in [-0.4, -0.2) is 29.1 Å². The lowest BCUT2D eigenvalue weighted by atomic mass is 10.2. The van der Waals surface area contributed by atoms with E-state index in [-0.39, 0.29) is 5.91 Å². The lowest BCUT2D eigenvalue weighted by Gasteiger charge is -2.08. The molecule has 112 valence electrons. The standard InChI is InChI=1S/C15H20N4O2/c1-3-4-12-9-14(19-21-12)15(20)18-8-7-17-13-5-6-16-10-11(13)2/h5-6,9-10H,3-4,7-8H2,1-2H3,(H,16,17)(H,18,20). The number of anilines is 1. The topological polar surface area (TPSA) is 80.0 Å². The number of nitrogens with zero attached hydrogens (tertiary/aromatic N) is 2. The lowest BCUT2D eigenvalue weighted by Crippen LogP contribution is -2.29. The number of aromatic nitrogens is 2. The van der Waals surface area contributed by atoms with Crippen LogP contribution in [-0.2, 0) is 6.42 Å². The molecule has 2 N–H and O–H groups in total. The lowest BCUT2D eigenvalue weighted by molar-refractivity contribution is 0.0946. The first-order valence-corrected chi connectivity index (χ1v) is 7.09. The Morgan fingerprint density at radius 2 is 2.24 bits per heavy atom. The molecule has 2 aromatic rings. The van der Waals surface area contributed by atoms with Crippen LogP contribution >= 0.6 is 0 Å². The van der Waals surface area contributed by atoms with Crippen LogP contribution in [0.4, 0.5) is 5.69 Å². The summed E-state index contributed by atoms with van der Waals surface area (Å²) in [6.07, 6.45) is 5.29. The Morgan fingerprint density at radius 1 is 1.38 bits per heavy atom. The van der Waals surface area contributed by atoms with Crippen molar-refractivity contribution in [1.29, 1.82) is 0 Å². The summed E-state index contributed by atoms with van der Waals surface area (Å²) >= 11 is 0. The third-order valence-electron chi connectivity index (χ3n) is 3.03. The van der Waals surface area contributed by atoms with Crippen LogP contribution in [0, 0.1) is 6.92 Å². The molecule has 1 amide bonds. The van der Waals surface area contributed by atoms with Gasteiger partial charge in [-0.05, 0) is 25.0 Å². The summed E-state index contributed by atoms with van der Waals surface area (Å²) in [5, 5.41) is 9.82. The molecule has 0 aromatic carbocycles. The predicted octanol–water partition coefficient (Wildman–Crippen LogP) is 2.17. The molecular weight excluding hydrogens is 268 g/mol. The Labute approximate surface area is 123 Å². The number of amides is 1. The van der Waals surface area contributed by atoms with Gasteiger partial charge in [0.1, 0.15) is 5.76 Å². The van der Waals surface area contributed by atoms with Crippen molar-refractivity contribution in [2.45, 2.75) is 26.7 Å². The molecule has 0 spiro atoms. The molecule has 21 heavy (non-hydrogen) atoms. The molecule has 0 aliphatic carbocycles. The number of hydrogen-bond acceptors (Lipinski definition) is 5. The average Bonchev–Trinajstić information content (AvgIpc) is 2.94. The minimum Gasteiger partial charge on any atom is -0.383 e. The maximum Gasteiger partial charge on any atom is 0.273 e.